The third-order valence-electron chi connectivity index (χ3n) is 3.06. The van der Waals surface area contributed by atoms with E-state index in [2.05, 4.69) is 6.92 Å². The van der Waals surface area contributed by atoms with Gasteiger partial charge in [-0.05, 0) is 41.0 Å². The summed E-state index contributed by atoms with van der Waals surface area (Å²) < 4.78 is 11.2. The minimum absolute atomic E-state index is 0.134. The van der Waals surface area contributed by atoms with Crippen molar-refractivity contribution < 1.29 is 14.3 Å². The fraction of sp³-hybridized carbons (Fsp3) is 0.929. The number of ether oxygens (including phenoxy) is 2. The molecule has 0 N–H and O–H groups in total. The Morgan fingerprint density at radius 1 is 1.44 bits per heavy atom. The number of hydrogen-bond donors (Lipinski definition) is 0. The molecule has 0 aliphatic carbocycles. The van der Waals surface area contributed by atoms with Gasteiger partial charge in [-0.25, -0.2) is 4.79 Å². The van der Waals surface area contributed by atoms with Crippen molar-refractivity contribution in [3.05, 3.63) is 0 Å². The molecule has 1 fully saturated rings. The summed E-state index contributed by atoms with van der Waals surface area (Å²) in [5, 5.41) is 0. The monoisotopic (exact) mass is 257 g/mol. The van der Waals surface area contributed by atoms with E-state index >= 15 is 0 Å². The van der Waals surface area contributed by atoms with Crippen LogP contribution in [0.3, 0.4) is 0 Å². The van der Waals surface area contributed by atoms with Crippen LogP contribution in [0.2, 0.25) is 0 Å². The highest BCUT2D eigenvalue weighted by Crippen LogP contribution is 2.31. The third-order valence-corrected chi connectivity index (χ3v) is 3.06. The lowest BCUT2D eigenvalue weighted by atomic mass is 10.1. The van der Waals surface area contributed by atoms with Gasteiger partial charge in [0.05, 0.1) is 12.6 Å². The smallest absolute Gasteiger partial charge is 0.412 e. The molecule has 0 bridgehead atoms. The molecule has 1 atom stereocenters. The Morgan fingerprint density at radius 2 is 2.06 bits per heavy atom. The van der Waals surface area contributed by atoms with E-state index in [0.717, 1.165) is 19.3 Å². The highest BCUT2D eigenvalue weighted by atomic mass is 16.6. The van der Waals surface area contributed by atoms with Gasteiger partial charge in [0.2, 0.25) is 0 Å². The Bertz CT molecular complexity index is 294. The van der Waals surface area contributed by atoms with Gasteiger partial charge in [-0.15, -0.1) is 0 Å². The first kappa shape index (κ1) is 15.3. The predicted molar refractivity (Wildman–Crippen MR) is 71.4 cm³/mol. The second-order valence-electron chi connectivity index (χ2n) is 6.40. The quantitative estimate of drug-likeness (QED) is 0.776. The zero-order valence-corrected chi connectivity index (χ0v) is 12.6. The zero-order chi connectivity index (χ0) is 14.0. The second kappa shape index (κ2) is 5.47. The van der Waals surface area contributed by atoms with Gasteiger partial charge in [0.15, 0.2) is 0 Å². The summed E-state index contributed by atoms with van der Waals surface area (Å²) >= 11 is 0. The molecule has 1 rings (SSSR count). The van der Waals surface area contributed by atoms with E-state index in [-0.39, 0.29) is 12.1 Å². The SMILES string of the molecule is CCCCC1COC(C)(C)N1C(=O)OC(C)(C)C. The molecular weight excluding hydrogens is 230 g/mol. The highest BCUT2D eigenvalue weighted by Gasteiger charge is 2.45. The lowest BCUT2D eigenvalue weighted by molar-refractivity contribution is -0.0627. The van der Waals surface area contributed by atoms with Crippen LogP contribution in [0.25, 0.3) is 0 Å². The lowest BCUT2D eigenvalue weighted by Crippen LogP contribution is -2.49. The van der Waals surface area contributed by atoms with Crippen molar-refractivity contribution in [1.82, 2.24) is 4.90 Å². The third kappa shape index (κ3) is 3.87. The Morgan fingerprint density at radius 3 is 2.56 bits per heavy atom. The molecule has 0 spiro atoms. The van der Waals surface area contributed by atoms with Gasteiger partial charge in [0.1, 0.15) is 11.3 Å². The van der Waals surface area contributed by atoms with Crippen LogP contribution in [-0.2, 0) is 9.47 Å². The fourth-order valence-corrected chi connectivity index (χ4v) is 2.22. The molecule has 106 valence electrons. The van der Waals surface area contributed by atoms with Crippen LogP contribution in [0.5, 0.6) is 0 Å². The maximum absolute atomic E-state index is 12.3. The standard InChI is InChI=1S/C14H27NO3/c1-7-8-9-11-10-17-14(5,6)15(11)12(16)18-13(2,3)4/h11H,7-10H2,1-6H3. The van der Waals surface area contributed by atoms with Crippen molar-refractivity contribution >= 4 is 6.09 Å². The molecule has 4 heteroatoms. The molecule has 0 aromatic carbocycles. The van der Waals surface area contributed by atoms with E-state index in [1.54, 1.807) is 4.90 Å². The zero-order valence-electron chi connectivity index (χ0n) is 12.6. The van der Waals surface area contributed by atoms with E-state index in [1.165, 1.54) is 0 Å². The van der Waals surface area contributed by atoms with Gasteiger partial charge in [0, 0.05) is 0 Å². The van der Waals surface area contributed by atoms with E-state index in [4.69, 9.17) is 9.47 Å². The molecule has 0 radical (unpaired) electrons. The van der Waals surface area contributed by atoms with Gasteiger partial charge < -0.3 is 9.47 Å². The summed E-state index contributed by atoms with van der Waals surface area (Å²) in [6.45, 7) is 12.2. The number of carbonyl (C=O) groups excluding carboxylic acids is 1. The van der Waals surface area contributed by atoms with Gasteiger partial charge in [-0.1, -0.05) is 19.8 Å². The Kier molecular flexibility index (Phi) is 4.65. The average molecular weight is 257 g/mol. The first-order valence-electron chi connectivity index (χ1n) is 6.83. The minimum atomic E-state index is -0.569. The molecule has 1 amide bonds. The molecule has 0 aromatic heterocycles. The Hall–Kier alpha value is -0.770. The normalized spacial score (nSPS) is 23.2. The van der Waals surface area contributed by atoms with Crippen LogP contribution in [-0.4, -0.2) is 35.0 Å². The predicted octanol–water partition coefficient (Wildman–Crippen LogP) is 3.55. The van der Waals surface area contributed by atoms with Crippen LogP contribution in [0.1, 0.15) is 60.8 Å². The molecule has 0 aromatic rings. The molecule has 18 heavy (non-hydrogen) atoms. The number of rotatable bonds is 3. The summed E-state index contributed by atoms with van der Waals surface area (Å²) in [6.07, 6.45) is 2.92. The summed E-state index contributed by atoms with van der Waals surface area (Å²) in [6, 6.07) is 0.134. The lowest BCUT2D eigenvalue weighted by Gasteiger charge is -2.35. The second-order valence-corrected chi connectivity index (χ2v) is 6.40. The Balaban J connectivity index is 2.75. The number of unbranched alkanes of at least 4 members (excludes halogenated alkanes) is 1. The summed E-state index contributed by atoms with van der Waals surface area (Å²) in [5.41, 5.74) is -1.04. The van der Waals surface area contributed by atoms with Gasteiger partial charge in [0.25, 0.3) is 0 Å². The van der Waals surface area contributed by atoms with E-state index in [1.807, 2.05) is 34.6 Å². The van der Waals surface area contributed by atoms with Crippen LogP contribution in [0, 0.1) is 0 Å². The van der Waals surface area contributed by atoms with Crippen molar-refractivity contribution in [3.63, 3.8) is 0 Å². The maximum Gasteiger partial charge on any atom is 0.412 e. The fourth-order valence-electron chi connectivity index (χ4n) is 2.22. The first-order valence-corrected chi connectivity index (χ1v) is 6.83. The van der Waals surface area contributed by atoms with Crippen LogP contribution in [0.4, 0.5) is 4.79 Å². The topological polar surface area (TPSA) is 38.8 Å². The molecule has 1 aliphatic rings. The number of nitrogens with zero attached hydrogens (tertiary/aromatic N) is 1. The van der Waals surface area contributed by atoms with Crippen LogP contribution < -0.4 is 0 Å². The van der Waals surface area contributed by atoms with Gasteiger partial charge >= 0.3 is 6.09 Å². The molecule has 1 heterocycles. The molecule has 0 saturated carbocycles. The minimum Gasteiger partial charge on any atom is -0.444 e. The highest BCUT2D eigenvalue weighted by molar-refractivity contribution is 5.69. The Labute approximate surface area is 111 Å². The van der Waals surface area contributed by atoms with Gasteiger partial charge in [-0.3, -0.25) is 4.90 Å². The van der Waals surface area contributed by atoms with Crippen molar-refractivity contribution in [2.24, 2.45) is 0 Å². The number of amides is 1. The summed E-state index contributed by atoms with van der Waals surface area (Å²) in [4.78, 5) is 14.0. The van der Waals surface area contributed by atoms with Crippen molar-refractivity contribution in [2.45, 2.75) is 78.2 Å². The molecule has 1 aliphatic heterocycles. The van der Waals surface area contributed by atoms with E-state index < -0.39 is 11.3 Å². The van der Waals surface area contributed by atoms with Crippen LogP contribution >= 0.6 is 0 Å². The number of hydrogen-bond acceptors (Lipinski definition) is 3. The van der Waals surface area contributed by atoms with Crippen molar-refractivity contribution in [2.75, 3.05) is 6.61 Å². The van der Waals surface area contributed by atoms with Gasteiger partial charge in [-0.2, -0.15) is 0 Å². The van der Waals surface area contributed by atoms with E-state index in [9.17, 15) is 4.79 Å². The van der Waals surface area contributed by atoms with Crippen LogP contribution in [0.15, 0.2) is 0 Å². The summed E-state index contributed by atoms with van der Waals surface area (Å²) in [5.74, 6) is 0. The molecule has 1 unspecified atom stereocenters. The molecule has 4 nitrogen and oxygen atoms in total. The largest absolute Gasteiger partial charge is 0.444 e. The average Bonchev–Trinajstić information content (AvgIpc) is 2.48. The maximum atomic E-state index is 12.3. The van der Waals surface area contributed by atoms with E-state index in [0.29, 0.717) is 6.61 Å². The first-order chi connectivity index (χ1) is 8.17. The number of carbonyl (C=O) groups is 1. The summed E-state index contributed by atoms with van der Waals surface area (Å²) in [7, 11) is 0. The molecule has 1 saturated heterocycles. The molecular formula is C14H27NO3. The van der Waals surface area contributed by atoms with Crippen molar-refractivity contribution in [1.29, 1.82) is 0 Å². The van der Waals surface area contributed by atoms with Crippen molar-refractivity contribution in [3.8, 4) is 0 Å².